The van der Waals surface area contributed by atoms with Gasteiger partial charge in [0.15, 0.2) is 0 Å². The minimum atomic E-state index is -1.16. The number of alkyl halides is 1. The Morgan fingerprint density at radius 2 is 2.05 bits per heavy atom. The maximum atomic E-state index is 13.3. The van der Waals surface area contributed by atoms with E-state index in [1.807, 2.05) is 42.5 Å². The molecule has 2 atom stereocenters. The number of nitrogens with two attached hydrogens (primary N) is 1. The molecule has 1 aliphatic heterocycles. The van der Waals surface area contributed by atoms with Crippen molar-refractivity contribution >= 4 is 17.9 Å². The second kappa shape index (κ2) is 7.02. The molecule has 112 valence electrons. The first kappa shape index (κ1) is 15.2. The molecule has 1 aromatic rings. The molecule has 1 fully saturated rings. The molecule has 0 spiro atoms. The minimum absolute atomic E-state index is 0.0148. The van der Waals surface area contributed by atoms with Crippen molar-refractivity contribution in [2.45, 2.75) is 31.5 Å². The summed E-state index contributed by atoms with van der Waals surface area (Å²) in [6.07, 6.45) is 3.48. The normalized spacial score (nSPS) is 21.9. The number of allylic oxidation sites excluding steroid dienone is 1. The van der Waals surface area contributed by atoms with E-state index in [1.165, 1.54) is 4.90 Å². The highest BCUT2D eigenvalue weighted by Crippen LogP contribution is 2.21. The monoisotopic (exact) mass is 290 g/mol. The zero-order valence-corrected chi connectivity index (χ0v) is 11.7. The topological polar surface area (TPSA) is 63.4 Å². The molecule has 0 aromatic heterocycles. The highest BCUT2D eigenvalue weighted by Gasteiger charge is 2.38. The lowest BCUT2D eigenvalue weighted by Gasteiger charge is -2.21. The van der Waals surface area contributed by atoms with Crippen LogP contribution in [-0.2, 0) is 9.59 Å². The number of primary amides is 1. The van der Waals surface area contributed by atoms with Gasteiger partial charge >= 0.3 is 0 Å². The fraction of sp³-hybridized carbons (Fsp3) is 0.375. The van der Waals surface area contributed by atoms with Gasteiger partial charge in [0.1, 0.15) is 12.2 Å². The molecule has 1 heterocycles. The van der Waals surface area contributed by atoms with E-state index in [0.717, 1.165) is 5.56 Å². The molecule has 0 saturated carbocycles. The number of nitrogens with zero attached hydrogens (tertiary/aromatic N) is 1. The van der Waals surface area contributed by atoms with Crippen molar-refractivity contribution < 1.29 is 14.0 Å². The average molecular weight is 290 g/mol. The summed E-state index contributed by atoms with van der Waals surface area (Å²) >= 11 is 0. The Balaban J connectivity index is 1.84. The van der Waals surface area contributed by atoms with Crippen LogP contribution in [0.3, 0.4) is 0 Å². The summed E-state index contributed by atoms with van der Waals surface area (Å²) in [6, 6.07) is 8.95. The Hall–Kier alpha value is -2.17. The highest BCUT2D eigenvalue weighted by atomic mass is 19.1. The maximum absolute atomic E-state index is 13.3. The summed E-state index contributed by atoms with van der Waals surface area (Å²) in [7, 11) is 0. The smallest absolute Gasteiger partial charge is 0.240 e. The molecule has 0 unspecified atom stereocenters. The molecular weight excluding hydrogens is 271 g/mol. The second-order valence-electron chi connectivity index (χ2n) is 5.15. The number of carbonyl (C=O) groups is 2. The van der Waals surface area contributed by atoms with Crippen LogP contribution in [0.25, 0.3) is 6.08 Å². The number of carbonyl (C=O) groups excluding carboxylic acids is 2. The molecule has 0 aliphatic carbocycles. The molecule has 0 bridgehead atoms. The molecule has 2 N–H and O–H groups in total. The van der Waals surface area contributed by atoms with Gasteiger partial charge in [-0.15, -0.1) is 0 Å². The molecule has 2 rings (SSSR count). The van der Waals surface area contributed by atoms with Gasteiger partial charge in [0.2, 0.25) is 11.8 Å². The summed E-state index contributed by atoms with van der Waals surface area (Å²) in [4.78, 5) is 24.5. The molecule has 4 nitrogen and oxygen atoms in total. The third-order valence-electron chi connectivity index (χ3n) is 3.53. The Labute approximate surface area is 123 Å². The lowest BCUT2D eigenvalue weighted by Crippen LogP contribution is -2.43. The van der Waals surface area contributed by atoms with Crippen LogP contribution in [0.5, 0.6) is 0 Å². The van der Waals surface area contributed by atoms with Gasteiger partial charge < -0.3 is 10.6 Å². The molecular formula is C16H19FN2O2. The summed E-state index contributed by atoms with van der Waals surface area (Å²) in [5.74, 6) is -0.861. The van der Waals surface area contributed by atoms with Crippen molar-refractivity contribution in [3.05, 3.63) is 42.0 Å². The van der Waals surface area contributed by atoms with Gasteiger partial charge in [0, 0.05) is 12.8 Å². The number of amides is 2. The number of benzene rings is 1. The Bertz CT molecular complexity index is 530. The van der Waals surface area contributed by atoms with Crippen LogP contribution in [0.15, 0.2) is 36.4 Å². The van der Waals surface area contributed by atoms with Crippen LogP contribution in [0.2, 0.25) is 0 Å². The number of likely N-dealkylation sites (tertiary alicyclic amines) is 1. The summed E-state index contributed by atoms with van der Waals surface area (Å²) in [5, 5.41) is 0. The Morgan fingerprint density at radius 3 is 2.71 bits per heavy atom. The summed E-state index contributed by atoms with van der Waals surface area (Å²) < 4.78 is 13.3. The maximum Gasteiger partial charge on any atom is 0.240 e. The van der Waals surface area contributed by atoms with Crippen molar-refractivity contribution in [3.8, 4) is 0 Å². The van der Waals surface area contributed by atoms with E-state index in [9.17, 15) is 14.0 Å². The zero-order chi connectivity index (χ0) is 15.2. The second-order valence-corrected chi connectivity index (χ2v) is 5.15. The number of halogens is 1. The van der Waals surface area contributed by atoms with Crippen molar-refractivity contribution in [3.63, 3.8) is 0 Å². The van der Waals surface area contributed by atoms with Gasteiger partial charge in [-0.3, -0.25) is 9.59 Å². The number of hydrogen-bond donors (Lipinski definition) is 1. The van der Waals surface area contributed by atoms with Gasteiger partial charge in [-0.2, -0.15) is 0 Å². The Morgan fingerprint density at radius 1 is 1.33 bits per heavy atom. The molecule has 1 aliphatic rings. The van der Waals surface area contributed by atoms with Crippen LogP contribution in [0.4, 0.5) is 4.39 Å². The van der Waals surface area contributed by atoms with Gasteiger partial charge in [-0.25, -0.2) is 4.39 Å². The first-order valence-electron chi connectivity index (χ1n) is 7.02. The third kappa shape index (κ3) is 4.15. The van der Waals surface area contributed by atoms with Gasteiger partial charge in [0.25, 0.3) is 0 Å². The molecule has 5 heteroatoms. The Kier molecular flexibility index (Phi) is 5.09. The van der Waals surface area contributed by atoms with Gasteiger partial charge in [-0.05, 0) is 12.0 Å². The first-order valence-corrected chi connectivity index (χ1v) is 7.02. The summed E-state index contributed by atoms with van der Waals surface area (Å²) in [5.41, 5.74) is 6.27. The lowest BCUT2D eigenvalue weighted by molar-refractivity contribution is -0.137. The predicted molar refractivity (Wildman–Crippen MR) is 78.9 cm³/mol. The van der Waals surface area contributed by atoms with E-state index in [-0.39, 0.29) is 25.3 Å². The van der Waals surface area contributed by atoms with Crippen LogP contribution < -0.4 is 5.73 Å². The van der Waals surface area contributed by atoms with E-state index in [2.05, 4.69) is 0 Å². The van der Waals surface area contributed by atoms with Crippen molar-refractivity contribution in [2.24, 2.45) is 5.73 Å². The van der Waals surface area contributed by atoms with Crippen molar-refractivity contribution in [1.82, 2.24) is 4.90 Å². The van der Waals surface area contributed by atoms with E-state index < -0.39 is 18.1 Å². The standard InChI is InChI=1S/C16H19FN2O2/c17-13-10-14(16(18)21)19(11-13)15(20)9-5-4-8-12-6-2-1-3-7-12/h1-4,6-8,13-14H,5,9-11H2,(H2,18,21)/b8-4+/t13-,14+/m1/s1. The van der Waals surface area contributed by atoms with E-state index in [1.54, 1.807) is 0 Å². The fourth-order valence-corrected chi connectivity index (χ4v) is 2.46. The molecule has 0 radical (unpaired) electrons. The number of hydrogen-bond acceptors (Lipinski definition) is 2. The lowest BCUT2D eigenvalue weighted by atomic mass is 10.1. The molecule has 21 heavy (non-hydrogen) atoms. The third-order valence-corrected chi connectivity index (χ3v) is 3.53. The highest BCUT2D eigenvalue weighted by molar-refractivity contribution is 5.87. The molecule has 2 amide bonds. The average Bonchev–Trinajstić information content (AvgIpc) is 2.87. The van der Waals surface area contributed by atoms with Crippen LogP contribution >= 0.6 is 0 Å². The van der Waals surface area contributed by atoms with E-state index >= 15 is 0 Å². The largest absolute Gasteiger partial charge is 0.368 e. The minimum Gasteiger partial charge on any atom is -0.368 e. The number of rotatable bonds is 5. The van der Waals surface area contributed by atoms with Crippen LogP contribution in [0, 0.1) is 0 Å². The van der Waals surface area contributed by atoms with Crippen molar-refractivity contribution in [2.75, 3.05) is 6.54 Å². The molecule has 1 saturated heterocycles. The quantitative estimate of drug-likeness (QED) is 0.900. The predicted octanol–water partition coefficient (Wildman–Crippen LogP) is 1.90. The SMILES string of the molecule is NC(=O)[C@@H]1C[C@@H](F)CN1C(=O)CC/C=C/c1ccccc1. The van der Waals surface area contributed by atoms with Gasteiger partial charge in [0.05, 0.1) is 6.54 Å². The van der Waals surface area contributed by atoms with E-state index in [4.69, 9.17) is 5.73 Å². The van der Waals surface area contributed by atoms with Crippen LogP contribution in [-0.4, -0.2) is 35.5 Å². The van der Waals surface area contributed by atoms with Crippen LogP contribution in [0.1, 0.15) is 24.8 Å². The molecule has 1 aromatic carbocycles. The zero-order valence-electron chi connectivity index (χ0n) is 11.7. The van der Waals surface area contributed by atoms with E-state index in [0.29, 0.717) is 6.42 Å². The summed E-state index contributed by atoms with van der Waals surface area (Å²) in [6.45, 7) is -0.0329. The van der Waals surface area contributed by atoms with Crippen molar-refractivity contribution in [1.29, 1.82) is 0 Å². The van der Waals surface area contributed by atoms with Gasteiger partial charge in [-0.1, -0.05) is 42.5 Å². The fourth-order valence-electron chi connectivity index (χ4n) is 2.46. The first-order chi connectivity index (χ1) is 10.1.